The Balaban J connectivity index is 1.25. The average Bonchev–Trinajstić information content (AvgIpc) is 3.66. The molecule has 4 heteroatoms. The summed E-state index contributed by atoms with van der Waals surface area (Å²) in [4.78, 5) is 3.95. The normalized spacial score (nSPS) is 19.7. The van der Waals surface area contributed by atoms with E-state index in [1.54, 1.807) is 0 Å². The molecule has 0 saturated carbocycles. The predicted octanol–water partition coefficient (Wildman–Crippen LogP) is 13.1. The summed E-state index contributed by atoms with van der Waals surface area (Å²) in [7, 11) is 0. The molecule has 2 nitrogen and oxygen atoms in total. The van der Waals surface area contributed by atoms with Crippen LogP contribution in [0.4, 0.5) is 11.4 Å². The maximum atomic E-state index is 7.26. The van der Waals surface area contributed by atoms with Gasteiger partial charge in [0.25, 0.3) is 0 Å². The van der Waals surface area contributed by atoms with Gasteiger partial charge in [-0.25, -0.2) is 0 Å². The van der Waals surface area contributed by atoms with E-state index >= 15 is 0 Å². The zero-order valence-electron chi connectivity index (χ0n) is 31.0. The minimum Gasteiger partial charge on any atom is -0.344 e. The second kappa shape index (κ2) is 13.9. The number of fused-ring (bicyclic) bond motifs is 6. The van der Waals surface area contributed by atoms with Crippen LogP contribution in [0.1, 0.15) is 91.2 Å². The van der Waals surface area contributed by atoms with E-state index in [0.717, 1.165) is 43.8 Å². The Hall–Kier alpha value is -3.53. The number of hydrogen-bond donors (Lipinski definition) is 0. The smallest absolute Gasteiger partial charge is 0.210 e. The molecule has 4 aromatic carbocycles. The molecule has 0 N–H and O–H groups in total. The lowest BCUT2D eigenvalue weighted by molar-refractivity contribution is -0.438. The van der Waals surface area contributed by atoms with Gasteiger partial charge in [0.05, 0.1) is 5.41 Å². The van der Waals surface area contributed by atoms with Gasteiger partial charge in [0.1, 0.15) is 6.54 Å². The van der Waals surface area contributed by atoms with Crippen molar-refractivity contribution < 1.29 is 4.58 Å². The zero-order chi connectivity index (χ0) is 35.2. The minimum absolute atomic E-state index is 0.111. The largest absolute Gasteiger partial charge is 0.344 e. The number of rotatable bonds is 10. The van der Waals surface area contributed by atoms with Crippen LogP contribution in [0.15, 0.2) is 118 Å². The number of hydrogen-bond acceptors (Lipinski definition) is 2. The maximum Gasteiger partial charge on any atom is 0.210 e. The van der Waals surface area contributed by atoms with Crippen LogP contribution in [0.5, 0.6) is 0 Å². The van der Waals surface area contributed by atoms with E-state index in [-0.39, 0.29) is 10.8 Å². The summed E-state index contributed by atoms with van der Waals surface area (Å²) in [5, 5.41) is 6.32. The van der Waals surface area contributed by atoms with Crippen molar-refractivity contribution in [2.45, 2.75) is 95.8 Å². The summed E-state index contributed by atoms with van der Waals surface area (Å²) in [6.07, 6.45) is 18.2. The van der Waals surface area contributed by atoms with Crippen molar-refractivity contribution in [2.75, 3.05) is 24.2 Å². The van der Waals surface area contributed by atoms with Gasteiger partial charge >= 0.3 is 0 Å². The number of thioether (sulfide) groups is 1. The third kappa shape index (κ3) is 5.79. The lowest BCUT2D eigenvalue weighted by Crippen LogP contribution is -2.28. The van der Waals surface area contributed by atoms with Gasteiger partial charge in [0.2, 0.25) is 5.69 Å². The first-order chi connectivity index (χ1) is 24.1. The van der Waals surface area contributed by atoms with E-state index in [2.05, 4.69) is 148 Å². The lowest BCUT2D eigenvalue weighted by Gasteiger charge is -2.27. The van der Waals surface area contributed by atoms with Gasteiger partial charge in [-0.3, -0.25) is 0 Å². The van der Waals surface area contributed by atoms with Gasteiger partial charge in [0, 0.05) is 57.4 Å². The number of unbranched alkanes of at least 4 members (excludes halogenated alkanes) is 2. The number of anilines is 1. The Labute approximate surface area is 309 Å². The Kier molecular flexibility index (Phi) is 9.69. The average molecular weight is 700 g/mol. The van der Waals surface area contributed by atoms with Crippen molar-refractivity contribution in [3.05, 3.63) is 124 Å². The fourth-order valence-corrected chi connectivity index (χ4v) is 9.72. The van der Waals surface area contributed by atoms with Crippen LogP contribution in [0.25, 0.3) is 21.5 Å². The molecule has 2 aliphatic heterocycles. The van der Waals surface area contributed by atoms with Gasteiger partial charge in [-0.15, -0.1) is 11.8 Å². The van der Waals surface area contributed by atoms with E-state index in [4.69, 9.17) is 11.6 Å². The van der Waals surface area contributed by atoms with E-state index < -0.39 is 0 Å². The Bertz CT molecular complexity index is 2140. The van der Waals surface area contributed by atoms with Crippen LogP contribution in [-0.4, -0.2) is 29.6 Å². The van der Waals surface area contributed by atoms with Gasteiger partial charge in [-0.2, -0.15) is 4.58 Å². The van der Waals surface area contributed by atoms with E-state index in [0.29, 0.717) is 0 Å². The SMILES string of the molecule is CCCCN1/C(=C/C=C2\CCC(/C=C/C3=[N+](CCCC)c4ccc5ccccc5c4C3(C)C)=C2Cl)C(C)(C)c2c1cc(SC)c1ccccc21. The van der Waals surface area contributed by atoms with Crippen molar-refractivity contribution in [1.29, 1.82) is 0 Å². The molecule has 0 unspecified atom stereocenters. The molecule has 3 aliphatic rings. The molecule has 0 amide bonds. The van der Waals surface area contributed by atoms with E-state index in [9.17, 15) is 0 Å². The number of nitrogens with zero attached hydrogens (tertiary/aromatic N) is 2. The molecule has 0 atom stereocenters. The minimum atomic E-state index is -0.125. The van der Waals surface area contributed by atoms with E-state index in [1.807, 2.05) is 11.8 Å². The lowest BCUT2D eigenvalue weighted by atomic mass is 9.79. The number of halogens is 1. The third-order valence-corrected chi connectivity index (χ3v) is 12.7. The van der Waals surface area contributed by atoms with Crippen molar-refractivity contribution >= 4 is 62.0 Å². The predicted molar refractivity (Wildman–Crippen MR) is 220 cm³/mol. The molecule has 258 valence electrons. The Morgan fingerprint density at radius 1 is 0.800 bits per heavy atom. The molecule has 50 heavy (non-hydrogen) atoms. The summed E-state index contributed by atoms with van der Waals surface area (Å²) in [6.45, 7) is 16.2. The molecule has 7 rings (SSSR count). The van der Waals surface area contributed by atoms with Crippen molar-refractivity contribution in [1.82, 2.24) is 0 Å². The number of benzene rings is 4. The molecule has 0 spiro atoms. The second-order valence-electron chi connectivity index (χ2n) is 15.3. The van der Waals surface area contributed by atoms with Crippen LogP contribution in [-0.2, 0) is 10.8 Å². The fraction of sp³-hybridized carbons (Fsp3) is 0.370. The summed E-state index contributed by atoms with van der Waals surface area (Å²) in [6, 6.07) is 24.9. The molecule has 0 fully saturated rings. The fourth-order valence-electron chi connectivity index (χ4n) is 8.78. The third-order valence-electron chi connectivity index (χ3n) is 11.4. The standard InChI is InChI=1S/C46H52ClN2S/c1-8-10-28-48-37-25-22-31-16-12-13-17-34(31)42(37)45(3,4)40(48)26-23-32-20-21-33(44(32)47)24-27-41-46(5,6)43-36-19-15-14-18-35(36)39(50-7)30-38(43)49(41)29-11-9-2/h12-19,22-27,30H,8-11,20-21,28-29H2,1-7H3/q+1. The highest BCUT2D eigenvalue weighted by atomic mass is 35.5. The van der Waals surface area contributed by atoms with E-state index in [1.165, 1.54) is 84.3 Å². The first kappa shape index (κ1) is 34.9. The number of allylic oxidation sites excluding steroid dienone is 8. The van der Waals surface area contributed by atoms with Crippen LogP contribution < -0.4 is 4.90 Å². The van der Waals surface area contributed by atoms with Crippen molar-refractivity contribution in [2.24, 2.45) is 0 Å². The van der Waals surface area contributed by atoms with Crippen molar-refractivity contribution in [3.63, 3.8) is 0 Å². The van der Waals surface area contributed by atoms with Crippen LogP contribution in [0.2, 0.25) is 0 Å². The van der Waals surface area contributed by atoms with Gasteiger partial charge < -0.3 is 4.90 Å². The van der Waals surface area contributed by atoms with Crippen LogP contribution in [0.3, 0.4) is 0 Å². The monoisotopic (exact) mass is 699 g/mol. The molecular weight excluding hydrogens is 648 g/mol. The highest BCUT2D eigenvalue weighted by Gasteiger charge is 2.45. The zero-order valence-corrected chi connectivity index (χ0v) is 32.6. The molecular formula is C46H52ClN2S+. The van der Waals surface area contributed by atoms with Crippen molar-refractivity contribution in [3.8, 4) is 0 Å². The molecule has 0 radical (unpaired) electrons. The van der Waals surface area contributed by atoms with Crippen LogP contribution >= 0.6 is 23.4 Å². The highest BCUT2D eigenvalue weighted by molar-refractivity contribution is 7.98. The molecule has 0 saturated heterocycles. The van der Waals surface area contributed by atoms with Gasteiger partial charge in [-0.05, 0) is 95.8 Å². The maximum absolute atomic E-state index is 7.26. The molecule has 4 aromatic rings. The summed E-state index contributed by atoms with van der Waals surface area (Å²) >= 11 is 9.11. The highest BCUT2D eigenvalue weighted by Crippen LogP contribution is 2.53. The van der Waals surface area contributed by atoms with Gasteiger partial charge in [-0.1, -0.05) is 113 Å². The molecule has 1 aliphatic carbocycles. The quantitative estimate of drug-likeness (QED) is 0.120. The first-order valence-electron chi connectivity index (χ1n) is 18.7. The first-order valence-corrected chi connectivity index (χ1v) is 20.3. The second-order valence-corrected chi connectivity index (χ2v) is 16.5. The Morgan fingerprint density at radius 3 is 2.26 bits per heavy atom. The molecule has 0 bridgehead atoms. The summed E-state index contributed by atoms with van der Waals surface area (Å²) < 4.78 is 2.57. The van der Waals surface area contributed by atoms with Gasteiger partial charge in [0.15, 0.2) is 5.71 Å². The molecule has 2 heterocycles. The topological polar surface area (TPSA) is 6.25 Å². The Morgan fingerprint density at radius 2 is 1.52 bits per heavy atom. The van der Waals surface area contributed by atoms with Crippen LogP contribution in [0, 0.1) is 0 Å². The summed E-state index contributed by atoms with van der Waals surface area (Å²) in [5.41, 5.74) is 10.6. The molecule has 0 aromatic heterocycles. The summed E-state index contributed by atoms with van der Waals surface area (Å²) in [5.74, 6) is 0.